The SMILES string of the molecule is CCN(CC(=O)Nc1ccc(Cl)cn1)[C@@H]1CCOC(C)(C)C1. The molecule has 0 unspecified atom stereocenters. The standard InChI is InChI=1S/C16H24ClN3O2/c1-4-20(13-7-8-22-16(2,3)9-13)11-15(21)19-14-6-5-12(17)10-18-14/h5-6,10,13H,4,7-9,11H2,1-3H3,(H,18,19,21)/t13-/m1/s1. The van der Waals surface area contributed by atoms with Crippen molar-refractivity contribution in [2.24, 2.45) is 0 Å². The molecule has 2 heterocycles. The molecule has 1 fully saturated rings. The van der Waals surface area contributed by atoms with Crippen LogP contribution in [0.4, 0.5) is 5.82 Å². The fourth-order valence-electron chi connectivity index (χ4n) is 2.83. The molecule has 0 radical (unpaired) electrons. The molecule has 122 valence electrons. The molecular weight excluding hydrogens is 302 g/mol. The zero-order valence-corrected chi connectivity index (χ0v) is 14.2. The van der Waals surface area contributed by atoms with Gasteiger partial charge in [-0.3, -0.25) is 9.69 Å². The molecule has 0 aliphatic carbocycles. The number of rotatable bonds is 5. The molecule has 1 amide bonds. The molecule has 0 bridgehead atoms. The number of hydrogen-bond donors (Lipinski definition) is 1. The third-order valence-electron chi connectivity index (χ3n) is 3.94. The van der Waals surface area contributed by atoms with Crippen LogP contribution in [0.3, 0.4) is 0 Å². The van der Waals surface area contributed by atoms with Crippen molar-refractivity contribution in [2.45, 2.75) is 45.3 Å². The number of nitrogens with zero attached hydrogens (tertiary/aromatic N) is 2. The first-order valence-electron chi connectivity index (χ1n) is 7.69. The van der Waals surface area contributed by atoms with Gasteiger partial charge in [-0.15, -0.1) is 0 Å². The van der Waals surface area contributed by atoms with Gasteiger partial charge in [-0.05, 0) is 45.4 Å². The Kier molecular flexibility index (Phi) is 5.78. The fourth-order valence-corrected chi connectivity index (χ4v) is 2.94. The van der Waals surface area contributed by atoms with Crippen LogP contribution >= 0.6 is 11.6 Å². The van der Waals surface area contributed by atoms with Gasteiger partial charge in [0.2, 0.25) is 5.91 Å². The number of likely N-dealkylation sites (N-methyl/N-ethyl adjacent to an activating group) is 1. The Labute approximate surface area is 137 Å². The van der Waals surface area contributed by atoms with E-state index < -0.39 is 0 Å². The molecule has 1 saturated heterocycles. The summed E-state index contributed by atoms with van der Waals surface area (Å²) in [4.78, 5) is 18.5. The van der Waals surface area contributed by atoms with Crippen LogP contribution in [0.25, 0.3) is 0 Å². The molecule has 1 aromatic heterocycles. The van der Waals surface area contributed by atoms with Crippen LogP contribution < -0.4 is 5.32 Å². The number of aromatic nitrogens is 1. The second-order valence-electron chi connectivity index (χ2n) is 6.23. The molecule has 1 N–H and O–H groups in total. The Hall–Kier alpha value is -1.17. The van der Waals surface area contributed by atoms with Gasteiger partial charge in [0.25, 0.3) is 0 Å². The molecule has 0 saturated carbocycles. The molecular formula is C16H24ClN3O2. The molecule has 5 nitrogen and oxygen atoms in total. The summed E-state index contributed by atoms with van der Waals surface area (Å²) in [5.41, 5.74) is -0.120. The zero-order chi connectivity index (χ0) is 16.2. The van der Waals surface area contributed by atoms with Crippen molar-refractivity contribution in [2.75, 3.05) is 25.0 Å². The van der Waals surface area contributed by atoms with Gasteiger partial charge < -0.3 is 10.1 Å². The zero-order valence-electron chi connectivity index (χ0n) is 13.4. The minimum absolute atomic E-state index is 0.0547. The summed E-state index contributed by atoms with van der Waals surface area (Å²) in [6, 6.07) is 3.79. The largest absolute Gasteiger partial charge is 0.375 e. The molecule has 22 heavy (non-hydrogen) atoms. The molecule has 1 atom stereocenters. The minimum atomic E-state index is -0.120. The van der Waals surface area contributed by atoms with E-state index >= 15 is 0 Å². The maximum absolute atomic E-state index is 12.2. The van der Waals surface area contributed by atoms with E-state index in [1.165, 1.54) is 6.20 Å². The molecule has 0 aromatic carbocycles. The van der Waals surface area contributed by atoms with E-state index in [9.17, 15) is 4.79 Å². The summed E-state index contributed by atoms with van der Waals surface area (Å²) < 4.78 is 5.75. The van der Waals surface area contributed by atoms with Crippen LogP contribution in [0.5, 0.6) is 0 Å². The number of nitrogens with one attached hydrogen (secondary N) is 1. The molecule has 1 aromatic rings. The van der Waals surface area contributed by atoms with Gasteiger partial charge in [0.05, 0.1) is 17.2 Å². The number of ether oxygens (including phenoxy) is 1. The first kappa shape index (κ1) is 17.2. The van der Waals surface area contributed by atoms with E-state index in [0.29, 0.717) is 23.4 Å². The van der Waals surface area contributed by atoms with Gasteiger partial charge in [-0.1, -0.05) is 18.5 Å². The highest BCUT2D eigenvalue weighted by molar-refractivity contribution is 6.30. The van der Waals surface area contributed by atoms with E-state index in [0.717, 1.165) is 26.0 Å². The molecule has 2 rings (SSSR count). The fraction of sp³-hybridized carbons (Fsp3) is 0.625. The normalized spacial score (nSPS) is 20.9. The average Bonchev–Trinajstić information content (AvgIpc) is 2.46. The van der Waals surface area contributed by atoms with Crippen LogP contribution in [-0.4, -0.2) is 47.1 Å². The Balaban J connectivity index is 1.91. The van der Waals surface area contributed by atoms with E-state index in [2.05, 4.69) is 36.0 Å². The molecule has 1 aliphatic heterocycles. The summed E-state index contributed by atoms with van der Waals surface area (Å²) >= 11 is 5.79. The molecule has 1 aliphatic rings. The highest BCUT2D eigenvalue weighted by atomic mass is 35.5. The second kappa shape index (κ2) is 7.40. The third-order valence-corrected chi connectivity index (χ3v) is 4.16. The summed E-state index contributed by atoms with van der Waals surface area (Å²) in [5, 5.41) is 3.37. The number of halogens is 1. The van der Waals surface area contributed by atoms with Crippen molar-refractivity contribution in [3.05, 3.63) is 23.4 Å². The molecule has 6 heteroatoms. The second-order valence-corrected chi connectivity index (χ2v) is 6.66. The first-order valence-corrected chi connectivity index (χ1v) is 8.07. The van der Waals surface area contributed by atoms with Crippen molar-refractivity contribution in [1.82, 2.24) is 9.88 Å². The number of amides is 1. The lowest BCUT2D eigenvalue weighted by Crippen LogP contribution is -2.48. The maximum Gasteiger partial charge on any atom is 0.239 e. The van der Waals surface area contributed by atoms with Crippen molar-refractivity contribution in [3.63, 3.8) is 0 Å². The Morgan fingerprint density at radius 3 is 2.91 bits per heavy atom. The van der Waals surface area contributed by atoms with Gasteiger partial charge in [-0.2, -0.15) is 0 Å². The molecule has 0 spiro atoms. The monoisotopic (exact) mass is 325 g/mol. The predicted octanol–water partition coefficient (Wildman–Crippen LogP) is 2.95. The predicted molar refractivity (Wildman–Crippen MR) is 88.2 cm³/mol. The topological polar surface area (TPSA) is 54.5 Å². The van der Waals surface area contributed by atoms with Crippen molar-refractivity contribution < 1.29 is 9.53 Å². The van der Waals surface area contributed by atoms with Gasteiger partial charge >= 0.3 is 0 Å². The van der Waals surface area contributed by atoms with Gasteiger partial charge in [0.1, 0.15) is 5.82 Å². The average molecular weight is 326 g/mol. The van der Waals surface area contributed by atoms with Gasteiger partial charge in [0, 0.05) is 18.8 Å². The maximum atomic E-state index is 12.2. The summed E-state index contributed by atoms with van der Waals surface area (Å²) in [7, 11) is 0. The van der Waals surface area contributed by atoms with Crippen molar-refractivity contribution >= 4 is 23.3 Å². The van der Waals surface area contributed by atoms with E-state index in [4.69, 9.17) is 16.3 Å². The smallest absolute Gasteiger partial charge is 0.239 e. The summed E-state index contributed by atoms with van der Waals surface area (Å²) in [5.74, 6) is 0.471. The number of carbonyl (C=O) groups excluding carboxylic acids is 1. The van der Waals surface area contributed by atoms with Gasteiger partial charge in [-0.25, -0.2) is 4.98 Å². The lowest BCUT2D eigenvalue weighted by Gasteiger charge is -2.40. The van der Waals surface area contributed by atoms with E-state index in [-0.39, 0.29) is 11.5 Å². The van der Waals surface area contributed by atoms with Crippen LogP contribution in [0, 0.1) is 0 Å². The van der Waals surface area contributed by atoms with Crippen LogP contribution in [0.15, 0.2) is 18.3 Å². The highest BCUT2D eigenvalue weighted by Crippen LogP contribution is 2.27. The summed E-state index contributed by atoms with van der Waals surface area (Å²) in [6.45, 7) is 8.23. The number of hydrogen-bond acceptors (Lipinski definition) is 4. The van der Waals surface area contributed by atoms with Gasteiger partial charge in [0.15, 0.2) is 0 Å². The van der Waals surface area contributed by atoms with Crippen LogP contribution in [0.2, 0.25) is 5.02 Å². The van der Waals surface area contributed by atoms with Crippen molar-refractivity contribution in [3.8, 4) is 0 Å². The Bertz CT molecular complexity index is 505. The van der Waals surface area contributed by atoms with Crippen LogP contribution in [0.1, 0.15) is 33.6 Å². The summed E-state index contributed by atoms with van der Waals surface area (Å²) in [6.07, 6.45) is 3.42. The number of pyridine rings is 1. The highest BCUT2D eigenvalue weighted by Gasteiger charge is 2.32. The quantitative estimate of drug-likeness (QED) is 0.904. The lowest BCUT2D eigenvalue weighted by atomic mass is 9.93. The Morgan fingerprint density at radius 1 is 1.55 bits per heavy atom. The van der Waals surface area contributed by atoms with Crippen molar-refractivity contribution in [1.29, 1.82) is 0 Å². The first-order chi connectivity index (χ1) is 10.4. The Morgan fingerprint density at radius 2 is 2.32 bits per heavy atom. The van der Waals surface area contributed by atoms with E-state index in [1.807, 2.05) is 0 Å². The van der Waals surface area contributed by atoms with Crippen LogP contribution in [-0.2, 0) is 9.53 Å². The minimum Gasteiger partial charge on any atom is -0.375 e. The third kappa shape index (κ3) is 4.93. The number of anilines is 1. The van der Waals surface area contributed by atoms with E-state index in [1.54, 1.807) is 12.1 Å². The number of carbonyl (C=O) groups is 1. The lowest BCUT2D eigenvalue weighted by molar-refractivity contribution is -0.120.